The molecule has 0 bridgehead atoms. The van der Waals surface area contributed by atoms with Crippen molar-refractivity contribution in [3.05, 3.63) is 35.9 Å². The van der Waals surface area contributed by atoms with Gasteiger partial charge in [-0.1, -0.05) is 37.3 Å². The number of hydrogen-bond acceptors (Lipinski definition) is 6. The summed E-state index contributed by atoms with van der Waals surface area (Å²) in [6.45, 7) is 6.84. The predicted octanol–water partition coefficient (Wildman–Crippen LogP) is 3.82. The van der Waals surface area contributed by atoms with Gasteiger partial charge >= 0.3 is 7.60 Å². The van der Waals surface area contributed by atoms with Gasteiger partial charge < -0.3 is 19.5 Å². The Morgan fingerprint density at radius 1 is 1.24 bits per heavy atom. The van der Waals surface area contributed by atoms with Crippen molar-refractivity contribution in [1.82, 2.24) is 5.32 Å². The molecule has 1 aromatic carbocycles. The molecule has 0 aliphatic carbocycles. The highest BCUT2D eigenvalue weighted by Gasteiger charge is 2.40. The smallest absolute Gasteiger partial charge is 0.334 e. The Morgan fingerprint density at radius 2 is 1.90 bits per heavy atom. The summed E-state index contributed by atoms with van der Waals surface area (Å²) in [6, 6.07) is 9.85. The Hall–Kier alpha value is -1.04. The Kier molecular flexibility index (Phi) is 10.0. The first kappa shape index (κ1) is 24.2. The molecule has 1 fully saturated rings. The van der Waals surface area contributed by atoms with Gasteiger partial charge in [0.15, 0.2) is 0 Å². The maximum absolute atomic E-state index is 13.5. The first-order chi connectivity index (χ1) is 13.9. The molecule has 1 aromatic rings. The van der Waals surface area contributed by atoms with E-state index in [1.807, 2.05) is 37.3 Å². The minimum absolute atomic E-state index is 0.00156. The molecule has 0 spiro atoms. The molecule has 164 valence electrons. The number of aliphatic hydroxyl groups excluding tert-OH is 1. The highest BCUT2D eigenvalue weighted by atomic mass is 31.2. The molecule has 0 saturated carbocycles. The van der Waals surface area contributed by atoms with E-state index in [9.17, 15) is 14.5 Å². The van der Waals surface area contributed by atoms with E-state index in [-0.39, 0.29) is 49.9 Å². The fourth-order valence-electron chi connectivity index (χ4n) is 4.16. The second kappa shape index (κ2) is 12.0. The van der Waals surface area contributed by atoms with Crippen molar-refractivity contribution in [2.45, 2.75) is 58.2 Å². The van der Waals surface area contributed by atoms with Crippen molar-refractivity contribution in [2.75, 3.05) is 26.4 Å². The summed E-state index contributed by atoms with van der Waals surface area (Å²) in [5.74, 6) is -0.468. The van der Waals surface area contributed by atoms with Gasteiger partial charge in [0.2, 0.25) is 0 Å². The van der Waals surface area contributed by atoms with E-state index < -0.39 is 13.3 Å². The molecule has 0 amide bonds. The Labute approximate surface area is 174 Å². The first-order valence-electron chi connectivity index (χ1n) is 10.7. The summed E-state index contributed by atoms with van der Waals surface area (Å²) >= 11 is 0. The molecule has 7 heteroatoms. The van der Waals surface area contributed by atoms with Crippen molar-refractivity contribution in [3.8, 4) is 0 Å². The standard InChI is InChI=1S/C22H36NO5P/c1-4-27-29(26,28-5-2)19(14-18-10-7-6-8-11-18)15-22(25)17(3)20(16-24)21-12-9-13-23-21/h6-8,10-11,17,19-21,23-24H,4-5,9,12-16H2,1-3H3/t17-,19?,20+,21-/m0/s1. The number of rotatable bonds is 13. The molecule has 1 unspecified atom stereocenters. The van der Waals surface area contributed by atoms with E-state index in [1.165, 1.54) is 0 Å². The van der Waals surface area contributed by atoms with Gasteiger partial charge in [-0.25, -0.2) is 0 Å². The molecule has 6 nitrogen and oxygen atoms in total. The fourth-order valence-corrected chi connectivity index (χ4v) is 6.21. The molecule has 2 rings (SSSR count). The van der Waals surface area contributed by atoms with Crippen LogP contribution in [0.2, 0.25) is 0 Å². The number of benzene rings is 1. The third kappa shape index (κ3) is 6.73. The Morgan fingerprint density at radius 3 is 2.41 bits per heavy atom. The van der Waals surface area contributed by atoms with E-state index in [4.69, 9.17) is 9.05 Å². The van der Waals surface area contributed by atoms with Crippen molar-refractivity contribution >= 4 is 13.4 Å². The number of nitrogens with one attached hydrogen (secondary N) is 1. The lowest BCUT2D eigenvalue weighted by molar-refractivity contribution is -0.125. The van der Waals surface area contributed by atoms with Gasteiger partial charge in [-0.05, 0) is 45.2 Å². The van der Waals surface area contributed by atoms with E-state index >= 15 is 0 Å². The monoisotopic (exact) mass is 425 g/mol. The molecule has 29 heavy (non-hydrogen) atoms. The number of carbonyl (C=O) groups excluding carboxylic acids is 1. The molecule has 1 aliphatic rings. The van der Waals surface area contributed by atoms with E-state index in [0.717, 1.165) is 24.9 Å². The summed E-state index contributed by atoms with van der Waals surface area (Å²) in [6.07, 6.45) is 2.58. The Balaban J connectivity index is 2.20. The fraction of sp³-hybridized carbons (Fsp3) is 0.682. The molecule has 4 atom stereocenters. The average Bonchev–Trinajstić information content (AvgIpc) is 3.23. The van der Waals surface area contributed by atoms with Gasteiger partial charge in [-0.2, -0.15) is 0 Å². The number of aliphatic hydroxyl groups is 1. The molecule has 2 N–H and O–H groups in total. The van der Waals surface area contributed by atoms with Crippen molar-refractivity contribution in [3.63, 3.8) is 0 Å². The van der Waals surface area contributed by atoms with E-state index in [1.54, 1.807) is 13.8 Å². The molecular weight excluding hydrogens is 389 g/mol. The molecule has 0 radical (unpaired) electrons. The number of carbonyl (C=O) groups is 1. The molecule has 0 aromatic heterocycles. The van der Waals surface area contributed by atoms with Crippen molar-refractivity contribution in [1.29, 1.82) is 0 Å². The van der Waals surface area contributed by atoms with Crippen LogP contribution in [0.15, 0.2) is 30.3 Å². The summed E-state index contributed by atoms with van der Waals surface area (Å²) in [7, 11) is -3.45. The summed E-state index contributed by atoms with van der Waals surface area (Å²) in [4.78, 5) is 13.2. The zero-order valence-corrected chi connectivity index (χ0v) is 18.8. The van der Waals surface area contributed by atoms with Gasteiger partial charge in [0.1, 0.15) is 5.78 Å². The Bertz CT molecular complexity index is 652. The van der Waals surface area contributed by atoms with Gasteiger partial charge in [0.25, 0.3) is 0 Å². The number of hydrogen-bond donors (Lipinski definition) is 2. The van der Waals surface area contributed by atoms with Crippen molar-refractivity contribution in [2.24, 2.45) is 11.8 Å². The quantitative estimate of drug-likeness (QED) is 0.468. The maximum Gasteiger partial charge on any atom is 0.334 e. The summed E-state index contributed by atoms with van der Waals surface area (Å²) < 4.78 is 24.7. The predicted molar refractivity (Wildman–Crippen MR) is 115 cm³/mol. The van der Waals surface area contributed by atoms with Crippen LogP contribution in [0.3, 0.4) is 0 Å². The van der Waals surface area contributed by atoms with Crippen LogP contribution >= 0.6 is 7.60 Å². The first-order valence-corrected chi connectivity index (χ1v) is 12.4. The third-order valence-electron chi connectivity index (χ3n) is 5.79. The summed E-state index contributed by atoms with van der Waals surface area (Å²) in [5.41, 5.74) is 0.449. The highest BCUT2D eigenvalue weighted by Crippen LogP contribution is 2.55. The largest absolute Gasteiger partial charge is 0.396 e. The lowest BCUT2D eigenvalue weighted by Crippen LogP contribution is -2.40. The van der Waals surface area contributed by atoms with Crippen LogP contribution in [0, 0.1) is 11.8 Å². The molecule has 1 heterocycles. The lowest BCUT2D eigenvalue weighted by Gasteiger charge is -2.30. The van der Waals surface area contributed by atoms with E-state index in [2.05, 4.69) is 5.32 Å². The van der Waals surface area contributed by atoms with Gasteiger partial charge in [-0.3, -0.25) is 9.36 Å². The molecule has 1 aliphatic heterocycles. The average molecular weight is 426 g/mol. The van der Waals surface area contributed by atoms with Crippen LogP contribution in [-0.2, 0) is 24.8 Å². The van der Waals surface area contributed by atoms with Crippen molar-refractivity contribution < 1.29 is 23.5 Å². The SMILES string of the molecule is CCOP(=O)(OCC)C(CC(=O)[C@@H](C)[C@@H](CO)[C@@H]1CCCN1)Cc1ccccc1. The van der Waals surface area contributed by atoms with Gasteiger partial charge in [0, 0.05) is 30.9 Å². The van der Waals surface area contributed by atoms with Crippen LogP contribution in [0.5, 0.6) is 0 Å². The number of ketones is 1. The number of Topliss-reactive ketones (excluding diaryl/α,β-unsaturated/α-hetero) is 1. The zero-order chi connectivity index (χ0) is 21.3. The minimum atomic E-state index is -3.45. The van der Waals surface area contributed by atoms with Crippen LogP contribution in [0.25, 0.3) is 0 Å². The minimum Gasteiger partial charge on any atom is -0.396 e. The second-order valence-corrected chi connectivity index (χ2v) is 10.1. The lowest BCUT2D eigenvalue weighted by atomic mass is 9.82. The van der Waals surface area contributed by atoms with Crippen LogP contribution < -0.4 is 5.32 Å². The van der Waals surface area contributed by atoms with Crippen LogP contribution in [-0.4, -0.2) is 49.0 Å². The van der Waals surface area contributed by atoms with Crippen LogP contribution in [0.1, 0.15) is 45.6 Å². The van der Waals surface area contributed by atoms with Crippen LogP contribution in [0.4, 0.5) is 0 Å². The topological polar surface area (TPSA) is 84.9 Å². The normalized spacial score (nSPS) is 20.3. The second-order valence-electron chi connectivity index (χ2n) is 7.73. The summed E-state index contributed by atoms with van der Waals surface area (Å²) in [5, 5.41) is 13.3. The van der Waals surface area contributed by atoms with Gasteiger partial charge in [-0.15, -0.1) is 0 Å². The zero-order valence-electron chi connectivity index (χ0n) is 17.9. The van der Waals surface area contributed by atoms with Gasteiger partial charge in [0.05, 0.1) is 18.9 Å². The highest BCUT2D eigenvalue weighted by molar-refractivity contribution is 7.54. The molecule has 1 saturated heterocycles. The third-order valence-corrected chi connectivity index (χ3v) is 8.29. The van der Waals surface area contributed by atoms with E-state index in [0.29, 0.717) is 6.42 Å². The molecular formula is C22H36NO5P. The maximum atomic E-state index is 13.5.